The van der Waals surface area contributed by atoms with E-state index in [-0.39, 0.29) is 48.7 Å². The Kier molecular flexibility index (Phi) is 8.08. The lowest BCUT2D eigenvalue weighted by molar-refractivity contribution is -0.125. The van der Waals surface area contributed by atoms with Crippen molar-refractivity contribution in [2.75, 3.05) is 13.1 Å². The lowest BCUT2D eigenvalue weighted by atomic mass is 9.78. The van der Waals surface area contributed by atoms with E-state index in [2.05, 4.69) is 35.1 Å². The summed E-state index contributed by atoms with van der Waals surface area (Å²) in [6, 6.07) is -0.348. The van der Waals surface area contributed by atoms with E-state index in [0.717, 1.165) is 25.1 Å². The maximum absolute atomic E-state index is 14.3. The van der Waals surface area contributed by atoms with E-state index < -0.39 is 18.4 Å². The van der Waals surface area contributed by atoms with Gasteiger partial charge in [-0.1, -0.05) is 19.4 Å². The predicted molar refractivity (Wildman–Crippen MR) is 117 cm³/mol. The second-order valence-corrected chi connectivity index (χ2v) is 9.91. The summed E-state index contributed by atoms with van der Waals surface area (Å²) >= 11 is 0. The van der Waals surface area contributed by atoms with Crippen LogP contribution in [-0.2, 0) is 9.59 Å². The van der Waals surface area contributed by atoms with E-state index in [1.807, 2.05) is 6.92 Å². The number of hydrogen-bond donors (Lipinski definition) is 4. The van der Waals surface area contributed by atoms with Gasteiger partial charge in [0.15, 0.2) is 0 Å². The number of alkyl halides is 2. The van der Waals surface area contributed by atoms with Crippen LogP contribution in [0.1, 0.15) is 59.8 Å². The predicted octanol–water partition coefficient (Wildman–Crippen LogP) is 2.35. The van der Waals surface area contributed by atoms with E-state index in [4.69, 9.17) is 0 Å². The average Bonchev–Trinajstić information content (AvgIpc) is 2.69. The van der Waals surface area contributed by atoms with Gasteiger partial charge < -0.3 is 21.3 Å². The summed E-state index contributed by atoms with van der Waals surface area (Å²) in [4.78, 5) is 25.5. The first kappa shape index (κ1) is 24.1. The highest BCUT2D eigenvalue weighted by Gasteiger charge is 2.41. The third-order valence-electron chi connectivity index (χ3n) is 7.05. The number of piperidine rings is 1. The van der Waals surface area contributed by atoms with Crippen molar-refractivity contribution in [1.29, 1.82) is 0 Å². The number of rotatable bonds is 7. The quantitative estimate of drug-likeness (QED) is 0.490. The molecule has 4 N–H and O–H groups in total. The minimum Gasteiger partial charge on any atom is -0.353 e. The molecule has 2 fully saturated rings. The molecule has 0 bridgehead atoms. The molecule has 0 radical (unpaired) electrons. The van der Waals surface area contributed by atoms with Gasteiger partial charge in [-0.3, -0.25) is 9.59 Å². The Bertz CT molecular complexity index is 699. The summed E-state index contributed by atoms with van der Waals surface area (Å²) in [6.45, 7) is 9.70. The molecule has 2 aliphatic heterocycles. The van der Waals surface area contributed by atoms with Gasteiger partial charge in [-0.2, -0.15) is 0 Å². The Hall–Kier alpha value is -1.54. The number of carbonyl (C=O) groups excluding carboxylic acids is 2. The Labute approximate surface area is 184 Å². The molecule has 176 valence electrons. The zero-order valence-electron chi connectivity index (χ0n) is 19.1. The van der Waals surface area contributed by atoms with Crippen LogP contribution in [0.3, 0.4) is 0 Å². The van der Waals surface area contributed by atoms with Crippen molar-refractivity contribution < 1.29 is 18.4 Å². The molecule has 8 heteroatoms. The first-order valence-electron chi connectivity index (χ1n) is 11.7. The lowest BCUT2D eigenvalue weighted by Gasteiger charge is -2.44. The first-order chi connectivity index (χ1) is 14.7. The second-order valence-electron chi connectivity index (χ2n) is 9.91. The SMILES string of the molecule is CC1=C(CC(=O)N[C@@H](C)C2CCC(F)CC2F)C(=O)NC2CCNC(NCC(C)C)C12. The number of hydrogen-bond acceptors (Lipinski definition) is 4. The maximum Gasteiger partial charge on any atom is 0.247 e. The largest absolute Gasteiger partial charge is 0.353 e. The van der Waals surface area contributed by atoms with Crippen molar-refractivity contribution in [2.24, 2.45) is 17.8 Å². The molecule has 1 saturated carbocycles. The standard InChI is InChI=1S/C23H38F2N4O2/c1-12(2)11-27-22-21-13(3)17(23(31)29-19(21)7-8-26-22)10-20(30)28-14(4)16-6-5-15(24)9-18(16)25/h12,14-16,18-19,21-22,26-27H,5-11H2,1-4H3,(H,28,30)(H,29,31)/t14-,15?,16?,18?,19?,21?,22?/m0/s1. The smallest absolute Gasteiger partial charge is 0.247 e. The molecule has 2 amide bonds. The highest BCUT2D eigenvalue weighted by molar-refractivity contribution is 6.00. The van der Waals surface area contributed by atoms with Crippen molar-refractivity contribution in [3.8, 4) is 0 Å². The molecule has 31 heavy (non-hydrogen) atoms. The van der Waals surface area contributed by atoms with Gasteiger partial charge >= 0.3 is 0 Å². The van der Waals surface area contributed by atoms with Gasteiger partial charge in [0.05, 0.1) is 12.6 Å². The van der Waals surface area contributed by atoms with Gasteiger partial charge in [-0.05, 0) is 52.1 Å². The summed E-state index contributed by atoms with van der Waals surface area (Å²) < 4.78 is 27.7. The van der Waals surface area contributed by atoms with Crippen molar-refractivity contribution in [3.05, 3.63) is 11.1 Å². The fourth-order valence-corrected chi connectivity index (χ4v) is 5.29. The minimum atomic E-state index is -1.25. The first-order valence-corrected chi connectivity index (χ1v) is 11.7. The molecular weight excluding hydrogens is 402 g/mol. The number of carbonyl (C=O) groups is 2. The molecule has 0 spiro atoms. The van der Waals surface area contributed by atoms with E-state index in [1.165, 1.54) is 0 Å². The van der Waals surface area contributed by atoms with Gasteiger partial charge in [-0.15, -0.1) is 0 Å². The number of halogens is 2. The van der Waals surface area contributed by atoms with Crippen LogP contribution in [0.5, 0.6) is 0 Å². The van der Waals surface area contributed by atoms with E-state index in [1.54, 1.807) is 6.92 Å². The monoisotopic (exact) mass is 440 g/mol. The van der Waals surface area contributed by atoms with Crippen molar-refractivity contribution >= 4 is 11.8 Å². The Morgan fingerprint density at radius 2 is 1.94 bits per heavy atom. The molecule has 6 unspecified atom stereocenters. The van der Waals surface area contributed by atoms with Gasteiger partial charge in [0.2, 0.25) is 11.8 Å². The molecule has 7 atom stereocenters. The van der Waals surface area contributed by atoms with Gasteiger partial charge in [0.25, 0.3) is 0 Å². The van der Waals surface area contributed by atoms with Crippen LogP contribution in [0.15, 0.2) is 11.1 Å². The summed E-state index contributed by atoms with van der Waals surface area (Å²) in [5.41, 5.74) is 1.43. The van der Waals surface area contributed by atoms with Gasteiger partial charge in [0.1, 0.15) is 12.3 Å². The molecular formula is C23H38F2N4O2. The Morgan fingerprint density at radius 3 is 2.61 bits per heavy atom. The molecule has 2 heterocycles. The number of amides is 2. The van der Waals surface area contributed by atoms with Crippen LogP contribution >= 0.6 is 0 Å². The van der Waals surface area contributed by atoms with Gasteiger partial charge in [0, 0.05) is 35.9 Å². The minimum absolute atomic E-state index is 0.0302. The van der Waals surface area contributed by atoms with E-state index >= 15 is 0 Å². The summed E-state index contributed by atoms with van der Waals surface area (Å²) in [5.74, 6) is -0.278. The molecule has 3 aliphatic rings. The third kappa shape index (κ3) is 5.83. The zero-order chi connectivity index (χ0) is 22.7. The fourth-order valence-electron chi connectivity index (χ4n) is 5.29. The second kappa shape index (κ2) is 10.4. The number of fused-ring (bicyclic) bond motifs is 1. The molecule has 6 nitrogen and oxygen atoms in total. The van der Waals surface area contributed by atoms with Gasteiger partial charge in [-0.25, -0.2) is 8.78 Å². The van der Waals surface area contributed by atoms with Crippen LogP contribution in [0.25, 0.3) is 0 Å². The van der Waals surface area contributed by atoms with E-state index in [0.29, 0.717) is 24.3 Å². The highest BCUT2D eigenvalue weighted by Crippen LogP contribution is 2.33. The fraction of sp³-hybridized carbons (Fsp3) is 0.826. The Morgan fingerprint density at radius 1 is 1.19 bits per heavy atom. The van der Waals surface area contributed by atoms with Crippen LogP contribution in [0.2, 0.25) is 0 Å². The van der Waals surface area contributed by atoms with Crippen LogP contribution in [0.4, 0.5) is 8.78 Å². The van der Waals surface area contributed by atoms with Crippen molar-refractivity contribution in [2.45, 2.75) is 90.4 Å². The highest BCUT2D eigenvalue weighted by atomic mass is 19.1. The molecule has 1 saturated heterocycles. The van der Waals surface area contributed by atoms with Crippen molar-refractivity contribution in [3.63, 3.8) is 0 Å². The zero-order valence-corrected chi connectivity index (χ0v) is 19.1. The van der Waals surface area contributed by atoms with Crippen LogP contribution in [0, 0.1) is 17.8 Å². The normalized spacial score (nSPS) is 34.9. The summed E-state index contributed by atoms with van der Waals surface area (Å²) in [6.07, 6.45) is -0.831. The third-order valence-corrected chi connectivity index (χ3v) is 7.05. The molecule has 0 aromatic rings. The average molecular weight is 441 g/mol. The maximum atomic E-state index is 14.3. The van der Waals surface area contributed by atoms with Crippen LogP contribution < -0.4 is 21.3 Å². The lowest BCUT2D eigenvalue weighted by Crippen LogP contribution is -2.63. The summed E-state index contributed by atoms with van der Waals surface area (Å²) in [7, 11) is 0. The van der Waals surface area contributed by atoms with E-state index in [9.17, 15) is 18.4 Å². The topological polar surface area (TPSA) is 82.3 Å². The summed E-state index contributed by atoms with van der Waals surface area (Å²) in [5, 5.41) is 13.0. The van der Waals surface area contributed by atoms with Crippen molar-refractivity contribution in [1.82, 2.24) is 21.3 Å². The molecule has 0 aromatic carbocycles. The Balaban J connectivity index is 1.66. The molecule has 3 rings (SSSR count). The molecule has 1 aliphatic carbocycles. The van der Waals surface area contributed by atoms with Crippen LogP contribution in [-0.4, -0.2) is 55.5 Å². The molecule has 0 aromatic heterocycles. The number of nitrogens with one attached hydrogen (secondary N) is 4.